The summed E-state index contributed by atoms with van der Waals surface area (Å²) in [4.78, 5) is 11.2. The third kappa shape index (κ3) is 5.40. The molecule has 1 aromatic rings. The van der Waals surface area contributed by atoms with E-state index < -0.39 is 24.3 Å². The van der Waals surface area contributed by atoms with Gasteiger partial charge in [-0.25, -0.2) is 0 Å². The largest absolute Gasteiger partial charge is 0.484 e. The molecule has 7 heteroatoms. The Bertz CT molecular complexity index is 587. The van der Waals surface area contributed by atoms with Crippen LogP contribution in [0.5, 0.6) is 5.75 Å². The van der Waals surface area contributed by atoms with E-state index in [9.17, 15) is 23.1 Å². The normalized spacial score (nSPS) is 18.7. The second kappa shape index (κ2) is 7.01. The van der Waals surface area contributed by atoms with Gasteiger partial charge in [0.2, 0.25) is 5.91 Å². The molecule has 1 saturated carbocycles. The van der Waals surface area contributed by atoms with E-state index in [4.69, 9.17) is 10.5 Å². The number of alkyl halides is 3. The van der Waals surface area contributed by atoms with Gasteiger partial charge < -0.3 is 15.6 Å². The Morgan fingerprint density at radius 3 is 2.62 bits per heavy atom. The Hall–Kier alpha value is -1.76. The van der Waals surface area contributed by atoms with Crippen molar-refractivity contribution in [3.8, 4) is 5.75 Å². The lowest BCUT2D eigenvalue weighted by atomic mass is 9.81. The van der Waals surface area contributed by atoms with Crippen LogP contribution in [0.1, 0.15) is 44.1 Å². The minimum atomic E-state index is -4.39. The van der Waals surface area contributed by atoms with Crippen LogP contribution in [0.15, 0.2) is 24.3 Å². The zero-order chi connectivity index (χ0) is 18.0. The summed E-state index contributed by atoms with van der Waals surface area (Å²) in [5.41, 5.74) is 4.83. The van der Waals surface area contributed by atoms with Crippen molar-refractivity contribution in [2.45, 2.75) is 50.3 Å². The fourth-order valence-electron chi connectivity index (χ4n) is 3.03. The summed E-state index contributed by atoms with van der Waals surface area (Å²) in [7, 11) is 0. The first kappa shape index (κ1) is 18.6. The lowest BCUT2D eigenvalue weighted by molar-refractivity contribution is -0.153. The second-order valence-electron chi connectivity index (χ2n) is 6.60. The number of benzene rings is 1. The van der Waals surface area contributed by atoms with Crippen molar-refractivity contribution in [2.24, 2.45) is 11.7 Å². The van der Waals surface area contributed by atoms with E-state index in [1.54, 1.807) is 12.1 Å². The SMILES string of the molecule is C[C@@H](CC(O)(CC(N)=O)C1CC1)c1cccc(OCC(F)(F)F)c1. The molecule has 1 aromatic carbocycles. The van der Waals surface area contributed by atoms with Crippen LogP contribution in [-0.2, 0) is 4.79 Å². The minimum absolute atomic E-state index is 0.0529. The molecule has 1 amide bonds. The van der Waals surface area contributed by atoms with Crippen LogP contribution in [0, 0.1) is 5.92 Å². The van der Waals surface area contributed by atoms with Gasteiger partial charge in [0.1, 0.15) is 5.75 Å². The molecule has 1 fully saturated rings. The molecular formula is C17H22F3NO3. The molecule has 1 aliphatic carbocycles. The van der Waals surface area contributed by atoms with Gasteiger partial charge >= 0.3 is 6.18 Å². The molecule has 0 spiro atoms. The van der Waals surface area contributed by atoms with Gasteiger partial charge in [0.15, 0.2) is 6.61 Å². The molecule has 134 valence electrons. The third-order valence-electron chi connectivity index (χ3n) is 4.31. The van der Waals surface area contributed by atoms with E-state index >= 15 is 0 Å². The summed E-state index contributed by atoms with van der Waals surface area (Å²) in [5, 5.41) is 10.8. The average Bonchev–Trinajstić information content (AvgIpc) is 3.28. The van der Waals surface area contributed by atoms with E-state index in [0.29, 0.717) is 6.42 Å². The van der Waals surface area contributed by atoms with Crippen LogP contribution in [0.3, 0.4) is 0 Å². The van der Waals surface area contributed by atoms with Crippen molar-refractivity contribution in [1.82, 2.24) is 0 Å². The number of hydrogen-bond acceptors (Lipinski definition) is 3. The van der Waals surface area contributed by atoms with Gasteiger partial charge in [-0.1, -0.05) is 19.1 Å². The number of aliphatic hydroxyl groups is 1. The Morgan fingerprint density at radius 2 is 2.08 bits per heavy atom. The van der Waals surface area contributed by atoms with E-state index in [-0.39, 0.29) is 24.0 Å². The fourth-order valence-corrected chi connectivity index (χ4v) is 3.03. The number of carbonyl (C=O) groups excluding carboxylic acids is 1. The highest BCUT2D eigenvalue weighted by Crippen LogP contribution is 2.46. The topological polar surface area (TPSA) is 72.5 Å². The summed E-state index contributed by atoms with van der Waals surface area (Å²) in [6.07, 6.45) is -2.47. The number of amides is 1. The molecule has 0 heterocycles. The maximum atomic E-state index is 12.2. The van der Waals surface area contributed by atoms with E-state index in [0.717, 1.165) is 18.4 Å². The van der Waals surface area contributed by atoms with Gasteiger partial charge in [-0.2, -0.15) is 13.2 Å². The highest BCUT2D eigenvalue weighted by atomic mass is 19.4. The molecule has 4 nitrogen and oxygen atoms in total. The van der Waals surface area contributed by atoms with Crippen molar-refractivity contribution < 1.29 is 27.8 Å². The summed E-state index contributed by atoms with van der Waals surface area (Å²) >= 11 is 0. The molecule has 0 radical (unpaired) electrons. The lowest BCUT2D eigenvalue weighted by Crippen LogP contribution is -2.38. The van der Waals surface area contributed by atoms with Crippen molar-refractivity contribution in [3.63, 3.8) is 0 Å². The molecule has 2 atom stereocenters. The van der Waals surface area contributed by atoms with Crippen LogP contribution in [0.25, 0.3) is 0 Å². The zero-order valence-electron chi connectivity index (χ0n) is 13.5. The van der Waals surface area contributed by atoms with Crippen LogP contribution in [0.2, 0.25) is 0 Å². The highest BCUT2D eigenvalue weighted by molar-refractivity contribution is 5.75. The number of nitrogens with two attached hydrogens (primary N) is 1. The predicted octanol–water partition coefficient (Wildman–Crippen LogP) is 3.14. The third-order valence-corrected chi connectivity index (χ3v) is 4.31. The summed E-state index contributed by atoms with van der Waals surface area (Å²) in [6.45, 7) is 0.510. The van der Waals surface area contributed by atoms with Crippen molar-refractivity contribution in [1.29, 1.82) is 0 Å². The summed E-state index contributed by atoms with van der Waals surface area (Å²) < 4.78 is 41.5. The fraction of sp³-hybridized carbons (Fsp3) is 0.588. The second-order valence-corrected chi connectivity index (χ2v) is 6.60. The lowest BCUT2D eigenvalue weighted by Gasteiger charge is -2.30. The molecule has 24 heavy (non-hydrogen) atoms. The number of halogens is 3. The Kier molecular flexibility index (Phi) is 5.42. The van der Waals surface area contributed by atoms with Gasteiger partial charge in [-0.3, -0.25) is 4.79 Å². The van der Waals surface area contributed by atoms with E-state index in [1.807, 2.05) is 6.92 Å². The Morgan fingerprint density at radius 1 is 1.42 bits per heavy atom. The zero-order valence-corrected chi connectivity index (χ0v) is 13.5. The van der Waals surface area contributed by atoms with Gasteiger partial charge in [-0.15, -0.1) is 0 Å². The summed E-state index contributed by atoms with van der Waals surface area (Å²) in [6, 6.07) is 6.37. The first-order chi connectivity index (χ1) is 11.1. The quantitative estimate of drug-likeness (QED) is 0.760. The molecule has 3 N–H and O–H groups in total. The maximum absolute atomic E-state index is 12.2. The maximum Gasteiger partial charge on any atom is 0.422 e. The number of carbonyl (C=O) groups is 1. The van der Waals surface area contributed by atoms with Crippen LogP contribution >= 0.6 is 0 Å². The standard InChI is InChI=1S/C17H22F3NO3/c1-11(8-16(23,9-15(21)22)13-5-6-13)12-3-2-4-14(7-12)24-10-17(18,19)20/h2-4,7,11,13,23H,5-6,8-10H2,1H3,(H2,21,22)/t11-,16?/m0/s1. The molecule has 1 unspecified atom stereocenters. The van der Waals surface area contributed by atoms with Crippen LogP contribution in [-0.4, -0.2) is 29.4 Å². The Balaban J connectivity index is 2.05. The molecule has 0 bridgehead atoms. The average molecular weight is 345 g/mol. The number of hydrogen-bond donors (Lipinski definition) is 2. The molecule has 0 aliphatic heterocycles. The minimum Gasteiger partial charge on any atom is -0.484 e. The van der Waals surface area contributed by atoms with E-state index in [1.165, 1.54) is 12.1 Å². The van der Waals surface area contributed by atoms with Gasteiger partial charge in [0.05, 0.1) is 12.0 Å². The van der Waals surface area contributed by atoms with Crippen molar-refractivity contribution in [2.75, 3.05) is 6.61 Å². The van der Waals surface area contributed by atoms with Crippen molar-refractivity contribution >= 4 is 5.91 Å². The van der Waals surface area contributed by atoms with Gasteiger partial charge in [0, 0.05) is 0 Å². The summed E-state index contributed by atoms with van der Waals surface area (Å²) in [5.74, 6) is -0.526. The highest BCUT2D eigenvalue weighted by Gasteiger charge is 2.45. The number of primary amides is 1. The first-order valence-corrected chi connectivity index (χ1v) is 7.89. The van der Waals surface area contributed by atoms with Gasteiger partial charge in [0.25, 0.3) is 0 Å². The monoisotopic (exact) mass is 345 g/mol. The number of ether oxygens (including phenoxy) is 1. The van der Waals surface area contributed by atoms with Gasteiger partial charge in [-0.05, 0) is 48.8 Å². The van der Waals surface area contributed by atoms with Crippen LogP contribution < -0.4 is 10.5 Å². The number of rotatable bonds is 8. The molecular weight excluding hydrogens is 323 g/mol. The van der Waals surface area contributed by atoms with Crippen LogP contribution in [0.4, 0.5) is 13.2 Å². The smallest absolute Gasteiger partial charge is 0.422 e. The molecule has 0 saturated heterocycles. The molecule has 2 rings (SSSR count). The van der Waals surface area contributed by atoms with Crippen molar-refractivity contribution in [3.05, 3.63) is 29.8 Å². The Labute approximate surface area is 138 Å². The molecule has 1 aliphatic rings. The molecule has 0 aromatic heterocycles. The van der Waals surface area contributed by atoms with E-state index in [2.05, 4.69) is 0 Å². The predicted molar refractivity (Wildman–Crippen MR) is 82.5 cm³/mol. The first-order valence-electron chi connectivity index (χ1n) is 7.89.